The van der Waals surface area contributed by atoms with Gasteiger partial charge in [0.05, 0.1) is 20.2 Å². The molecule has 168 valence electrons. The van der Waals surface area contributed by atoms with E-state index < -0.39 is 20.9 Å². The smallest absolute Gasteiger partial charge is 0.270 e. The molecule has 4 rings (SSSR count). The van der Waals surface area contributed by atoms with Gasteiger partial charge in [0, 0.05) is 30.8 Å². The van der Waals surface area contributed by atoms with Crippen LogP contribution in [0, 0.1) is 10.1 Å². The molecule has 0 spiro atoms. The zero-order valence-corrected chi connectivity index (χ0v) is 19.2. The number of nitro benzene ring substituents is 1. The Kier molecular flexibility index (Phi) is 6.42. The van der Waals surface area contributed by atoms with Crippen LogP contribution in [0.1, 0.15) is 36.0 Å². The van der Waals surface area contributed by atoms with Gasteiger partial charge in [-0.05, 0) is 37.1 Å². The molecule has 0 bridgehead atoms. The summed E-state index contributed by atoms with van der Waals surface area (Å²) in [6.45, 7) is 0.847. The van der Waals surface area contributed by atoms with Crippen molar-refractivity contribution in [3.8, 4) is 0 Å². The number of thiazole rings is 1. The first-order valence-corrected chi connectivity index (χ1v) is 12.6. The average Bonchev–Trinajstić information content (AvgIpc) is 2.95. The van der Waals surface area contributed by atoms with Crippen molar-refractivity contribution in [3.05, 3.63) is 57.1 Å². The van der Waals surface area contributed by atoms with Gasteiger partial charge >= 0.3 is 0 Å². The number of rotatable bonds is 5. The quantitative estimate of drug-likeness (QED) is 0.406. The number of amides is 1. The number of nitrogens with zero attached hydrogens (tertiary/aromatic N) is 3. The monoisotopic (exact) mass is 494 g/mol. The molecule has 0 atom stereocenters. The van der Waals surface area contributed by atoms with Crippen molar-refractivity contribution >= 4 is 59.9 Å². The van der Waals surface area contributed by atoms with Crippen molar-refractivity contribution in [2.45, 2.75) is 30.6 Å². The highest BCUT2D eigenvalue weighted by Gasteiger charge is 2.28. The van der Waals surface area contributed by atoms with Crippen LogP contribution in [0.5, 0.6) is 0 Å². The van der Waals surface area contributed by atoms with Crippen LogP contribution in [0.15, 0.2) is 41.3 Å². The molecule has 1 saturated heterocycles. The molecule has 2 heterocycles. The molecule has 0 saturated carbocycles. The molecule has 3 aromatic rings. The molecular weight excluding hydrogens is 476 g/mol. The first-order valence-electron chi connectivity index (χ1n) is 9.92. The Balaban J connectivity index is 1.59. The van der Waals surface area contributed by atoms with E-state index in [1.54, 1.807) is 0 Å². The van der Waals surface area contributed by atoms with Crippen LogP contribution in [0.25, 0.3) is 10.2 Å². The van der Waals surface area contributed by atoms with E-state index in [0.717, 1.165) is 37.0 Å². The maximum absolute atomic E-state index is 13.1. The summed E-state index contributed by atoms with van der Waals surface area (Å²) in [5.74, 6) is -0.553. The Labute approximate surface area is 193 Å². The van der Waals surface area contributed by atoms with Gasteiger partial charge in [0.15, 0.2) is 5.13 Å². The van der Waals surface area contributed by atoms with E-state index in [2.05, 4.69) is 10.3 Å². The lowest BCUT2D eigenvalue weighted by Gasteiger charge is -2.21. The summed E-state index contributed by atoms with van der Waals surface area (Å²) in [4.78, 5) is 27.4. The summed E-state index contributed by atoms with van der Waals surface area (Å²) in [5.41, 5.74) is 0.560. The first kappa shape index (κ1) is 22.6. The van der Waals surface area contributed by atoms with Crippen LogP contribution in [0.4, 0.5) is 10.8 Å². The lowest BCUT2D eigenvalue weighted by Crippen LogP contribution is -2.32. The van der Waals surface area contributed by atoms with Gasteiger partial charge in [0.2, 0.25) is 10.0 Å². The van der Waals surface area contributed by atoms with Gasteiger partial charge in [0.25, 0.3) is 11.6 Å². The van der Waals surface area contributed by atoms with Gasteiger partial charge in [-0.3, -0.25) is 20.2 Å². The van der Waals surface area contributed by atoms with Crippen LogP contribution < -0.4 is 5.32 Å². The lowest BCUT2D eigenvalue weighted by atomic mass is 10.2. The predicted molar refractivity (Wildman–Crippen MR) is 123 cm³/mol. The number of anilines is 1. The van der Waals surface area contributed by atoms with Crippen LogP contribution in [0.2, 0.25) is 5.02 Å². The molecule has 1 fully saturated rings. The fourth-order valence-electron chi connectivity index (χ4n) is 3.51. The van der Waals surface area contributed by atoms with Crippen molar-refractivity contribution in [2.24, 2.45) is 0 Å². The Bertz CT molecular complexity index is 1300. The molecule has 32 heavy (non-hydrogen) atoms. The Morgan fingerprint density at radius 1 is 1.12 bits per heavy atom. The minimum atomic E-state index is -3.83. The van der Waals surface area contributed by atoms with Crippen molar-refractivity contribution in [3.63, 3.8) is 0 Å². The largest absolute Gasteiger partial charge is 0.298 e. The highest BCUT2D eigenvalue weighted by molar-refractivity contribution is 7.89. The number of hydrogen-bond acceptors (Lipinski definition) is 7. The number of non-ortho nitro benzene ring substituents is 1. The molecule has 0 aliphatic carbocycles. The topological polar surface area (TPSA) is 123 Å². The second-order valence-electron chi connectivity index (χ2n) is 7.35. The molecular formula is C20H19ClN4O5S2. The molecule has 1 aromatic heterocycles. The van der Waals surface area contributed by atoms with Gasteiger partial charge in [-0.1, -0.05) is 35.8 Å². The third-order valence-corrected chi connectivity index (χ3v) is 8.49. The predicted octanol–water partition coefficient (Wildman–Crippen LogP) is 4.67. The van der Waals surface area contributed by atoms with E-state index in [4.69, 9.17) is 11.6 Å². The van der Waals surface area contributed by atoms with Gasteiger partial charge in [-0.25, -0.2) is 13.4 Å². The summed E-state index contributed by atoms with van der Waals surface area (Å²) in [7, 11) is -3.83. The third kappa shape index (κ3) is 4.60. The number of sulfonamides is 1. The van der Waals surface area contributed by atoms with E-state index >= 15 is 0 Å². The number of benzene rings is 2. The highest BCUT2D eigenvalue weighted by Crippen LogP contribution is 2.31. The first-order chi connectivity index (χ1) is 15.3. The number of halogens is 1. The van der Waals surface area contributed by atoms with Gasteiger partial charge < -0.3 is 0 Å². The zero-order chi connectivity index (χ0) is 22.9. The second kappa shape index (κ2) is 9.10. The number of aromatic nitrogens is 1. The molecule has 0 radical (unpaired) electrons. The molecule has 0 unspecified atom stereocenters. The summed E-state index contributed by atoms with van der Waals surface area (Å²) in [6, 6.07) is 8.34. The van der Waals surface area contributed by atoms with Crippen LogP contribution in [0.3, 0.4) is 0 Å². The SMILES string of the molecule is O=C(Nc1nc2ccc([N+](=O)[O-])cc2s1)c1ccc(Cl)c(S(=O)(=O)N2CCCCCC2)c1. The fourth-order valence-corrected chi connectivity index (χ4v) is 6.42. The van der Waals surface area contributed by atoms with Crippen LogP contribution in [-0.2, 0) is 10.0 Å². The summed E-state index contributed by atoms with van der Waals surface area (Å²) >= 11 is 7.29. The van der Waals surface area contributed by atoms with Crippen molar-refractivity contribution in [1.29, 1.82) is 0 Å². The number of nitro groups is 1. The van der Waals surface area contributed by atoms with Crippen molar-refractivity contribution < 1.29 is 18.1 Å². The van der Waals surface area contributed by atoms with Gasteiger partial charge in [0.1, 0.15) is 4.90 Å². The number of carbonyl (C=O) groups excluding carboxylic acids is 1. The minimum absolute atomic E-state index is 0.0538. The summed E-state index contributed by atoms with van der Waals surface area (Å²) in [6.07, 6.45) is 3.53. The standard InChI is InChI=1S/C20H19ClN4O5S2/c21-15-7-5-13(11-18(15)32(29,30)24-9-3-1-2-4-10-24)19(26)23-20-22-16-8-6-14(25(27)28)12-17(16)31-20/h5-8,11-12H,1-4,9-10H2,(H,22,23,26). The minimum Gasteiger partial charge on any atom is -0.298 e. The Morgan fingerprint density at radius 3 is 2.53 bits per heavy atom. The maximum atomic E-state index is 13.1. The molecule has 1 aliphatic rings. The van der Waals surface area contributed by atoms with Crippen LogP contribution in [-0.4, -0.2) is 41.6 Å². The van der Waals surface area contributed by atoms with Gasteiger partial charge in [-0.15, -0.1) is 0 Å². The number of nitrogens with one attached hydrogen (secondary N) is 1. The van der Waals surface area contributed by atoms with Crippen molar-refractivity contribution in [2.75, 3.05) is 18.4 Å². The lowest BCUT2D eigenvalue weighted by molar-refractivity contribution is -0.384. The van der Waals surface area contributed by atoms with Gasteiger partial charge in [-0.2, -0.15) is 4.31 Å². The molecule has 1 aliphatic heterocycles. The normalized spacial score (nSPS) is 15.4. The molecule has 12 heteroatoms. The summed E-state index contributed by atoms with van der Waals surface area (Å²) < 4.78 is 28.3. The average molecular weight is 495 g/mol. The van der Waals surface area contributed by atoms with E-state index in [1.807, 2.05) is 0 Å². The van der Waals surface area contributed by atoms with E-state index in [0.29, 0.717) is 23.3 Å². The number of hydrogen-bond donors (Lipinski definition) is 1. The highest BCUT2D eigenvalue weighted by atomic mass is 35.5. The third-order valence-electron chi connectivity index (χ3n) is 5.18. The second-order valence-corrected chi connectivity index (χ2v) is 10.7. The molecule has 9 nitrogen and oxygen atoms in total. The van der Waals surface area contributed by atoms with E-state index in [1.165, 1.54) is 40.7 Å². The maximum Gasteiger partial charge on any atom is 0.270 e. The van der Waals surface area contributed by atoms with E-state index in [9.17, 15) is 23.3 Å². The van der Waals surface area contributed by atoms with Crippen LogP contribution >= 0.6 is 22.9 Å². The fraction of sp³-hybridized carbons (Fsp3) is 0.300. The zero-order valence-electron chi connectivity index (χ0n) is 16.8. The van der Waals surface area contributed by atoms with Crippen molar-refractivity contribution in [1.82, 2.24) is 9.29 Å². The summed E-state index contributed by atoms with van der Waals surface area (Å²) in [5, 5.41) is 13.9. The molecule has 1 amide bonds. The Morgan fingerprint density at radius 2 is 1.84 bits per heavy atom. The number of carbonyl (C=O) groups is 1. The molecule has 2 aromatic carbocycles. The number of fused-ring (bicyclic) bond motifs is 1. The Hall–Kier alpha value is -2.60. The molecule has 1 N–H and O–H groups in total. The van der Waals surface area contributed by atoms with E-state index in [-0.39, 0.29) is 26.3 Å².